The SMILES string of the molecule is CCN(CCOCC(C)C)C1(CN)CCCC1. The van der Waals surface area contributed by atoms with Crippen LogP contribution in [-0.4, -0.2) is 43.3 Å². The third kappa shape index (κ3) is 4.23. The van der Waals surface area contributed by atoms with Crippen molar-refractivity contribution in [1.29, 1.82) is 0 Å². The molecule has 0 radical (unpaired) electrons. The second kappa shape index (κ2) is 7.34. The number of hydrogen-bond acceptors (Lipinski definition) is 3. The predicted octanol–water partition coefficient (Wildman–Crippen LogP) is 2.25. The second-order valence-electron chi connectivity index (χ2n) is 5.68. The monoisotopic (exact) mass is 242 g/mol. The number of nitrogens with zero attached hydrogens (tertiary/aromatic N) is 1. The highest BCUT2D eigenvalue weighted by Crippen LogP contribution is 2.34. The topological polar surface area (TPSA) is 38.5 Å². The fraction of sp³-hybridized carbons (Fsp3) is 1.00. The van der Waals surface area contributed by atoms with Gasteiger partial charge in [0.1, 0.15) is 0 Å². The minimum absolute atomic E-state index is 0.274. The van der Waals surface area contributed by atoms with Crippen molar-refractivity contribution < 1.29 is 4.74 Å². The van der Waals surface area contributed by atoms with E-state index in [0.717, 1.165) is 32.8 Å². The summed E-state index contributed by atoms with van der Waals surface area (Å²) in [6, 6.07) is 0. The lowest BCUT2D eigenvalue weighted by molar-refractivity contribution is 0.0425. The molecule has 0 unspecified atom stereocenters. The van der Waals surface area contributed by atoms with Gasteiger partial charge < -0.3 is 10.5 Å². The van der Waals surface area contributed by atoms with Crippen LogP contribution in [0.1, 0.15) is 46.5 Å². The number of likely N-dealkylation sites (N-methyl/N-ethyl adjacent to an activating group) is 1. The van der Waals surface area contributed by atoms with E-state index in [4.69, 9.17) is 10.5 Å². The quantitative estimate of drug-likeness (QED) is 0.664. The van der Waals surface area contributed by atoms with Gasteiger partial charge in [-0.15, -0.1) is 0 Å². The van der Waals surface area contributed by atoms with Crippen LogP contribution in [0.15, 0.2) is 0 Å². The molecule has 1 saturated carbocycles. The lowest BCUT2D eigenvalue weighted by atomic mass is 9.95. The Morgan fingerprint density at radius 2 is 1.94 bits per heavy atom. The molecule has 0 aromatic carbocycles. The van der Waals surface area contributed by atoms with E-state index in [2.05, 4.69) is 25.7 Å². The molecule has 0 amide bonds. The molecule has 0 aromatic rings. The largest absolute Gasteiger partial charge is 0.380 e. The van der Waals surface area contributed by atoms with Gasteiger partial charge in [-0.1, -0.05) is 33.6 Å². The average molecular weight is 242 g/mol. The molecule has 0 spiro atoms. The first kappa shape index (κ1) is 14.9. The van der Waals surface area contributed by atoms with Crippen molar-refractivity contribution >= 4 is 0 Å². The summed E-state index contributed by atoms with van der Waals surface area (Å²) in [6.45, 7) is 11.2. The van der Waals surface area contributed by atoms with E-state index >= 15 is 0 Å². The number of rotatable bonds is 8. The van der Waals surface area contributed by atoms with E-state index in [1.54, 1.807) is 0 Å². The van der Waals surface area contributed by atoms with Crippen molar-refractivity contribution in [2.24, 2.45) is 11.7 Å². The lowest BCUT2D eigenvalue weighted by Gasteiger charge is -2.40. The van der Waals surface area contributed by atoms with E-state index in [1.165, 1.54) is 25.7 Å². The van der Waals surface area contributed by atoms with Gasteiger partial charge in [0.25, 0.3) is 0 Å². The number of hydrogen-bond donors (Lipinski definition) is 1. The zero-order valence-electron chi connectivity index (χ0n) is 11.9. The summed E-state index contributed by atoms with van der Waals surface area (Å²) >= 11 is 0. The van der Waals surface area contributed by atoms with Gasteiger partial charge in [-0.3, -0.25) is 4.90 Å². The highest BCUT2D eigenvalue weighted by Gasteiger charge is 2.37. The van der Waals surface area contributed by atoms with Crippen LogP contribution < -0.4 is 5.73 Å². The van der Waals surface area contributed by atoms with Crippen LogP contribution in [0.4, 0.5) is 0 Å². The van der Waals surface area contributed by atoms with Gasteiger partial charge in [-0.05, 0) is 25.3 Å². The summed E-state index contributed by atoms with van der Waals surface area (Å²) in [6.07, 6.45) is 5.20. The Bertz CT molecular complexity index is 200. The highest BCUT2D eigenvalue weighted by atomic mass is 16.5. The molecule has 1 aliphatic rings. The van der Waals surface area contributed by atoms with E-state index < -0.39 is 0 Å². The summed E-state index contributed by atoms with van der Waals surface area (Å²) < 4.78 is 5.69. The molecule has 17 heavy (non-hydrogen) atoms. The van der Waals surface area contributed by atoms with Crippen molar-refractivity contribution in [3.63, 3.8) is 0 Å². The molecule has 0 saturated heterocycles. The Kier molecular flexibility index (Phi) is 6.45. The van der Waals surface area contributed by atoms with Gasteiger partial charge in [0.2, 0.25) is 0 Å². The first-order valence-electron chi connectivity index (χ1n) is 7.17. The maximum atomic E-state index is 6.02. The van der Waals surface area contributed by atoms with Crippen molar-refractivity contribution in [1.82, 2.24) is 4.90 Å². The van der Waals surface area contributed by atoms with Crippen molar-refractivity contribution in [2.45, 2.75) is 52.0 Å². The molecular formula is C14H30N2O. The van der Waals surface area contributed by atoms with Crippen LogP contribution >= 0.6 is 0 Å². The molecule has 1 rings (SSSR count). The standard InChI is InChI=1S/C14H30N2O/c1-4-16(9-10-17-11-13(2)3)14(12-15)7-5-6-8-14/h13H,4-12,15H2,1-3H3. The smallest absolute Gasteiger partial charge is 0.0593 e. The molecule has 3 heteroatoms. The van der Waals surface area contributed by atoms with Gasteiger partial charge in [0.05, 0.1) is 6.61 Å². The Hall–Kier alpha value is -0.120. The van der Waals surface area contributed by atoms with E-state index in [1.807, 2.05) is 0 Å². The van der Waals surface area contributed by atoms with E-state index in [9.17, 15) is 0 Å². The van der Waals surface area contributed by atoms with Crippen molar-refractivity contribution in [3.8, 4) is 0 Å². The molecule has 1 fully saturated rings. The van der Waals surface area contributed by atoms with Crippen molar-refractivity contribution in [2.75, 3.05) is 32.8 Å². The number of ether oxygens (including phenoxy) is 1. The Morgan fingerprint density at radius 1 is 1.29 bits per heavy atom. The third-order valence-electron chi connectivity index (χ3n) is 3.92. The van der Waals surface area contributed by atoms with E-state index in [-0.39, 0.29) is 5.54 Å². The predicted molar refractivity (Wildman–Crippen MR) is 73.2 cm³/mol. The molecule has 0 aliphatic heterocycles. The van der Waals surface area contributed by atoms with Gasteiger partial charge in [-0.25, -0.2) is 0 Å². The zero-order chi connectivity index (χ0) is 12.7. The normalized spacial score (nSPS) is 19.4. The van der Waals surface area contributed by atoms with Crippen LogP contribution in [0.3, 0.4) is 0 Å². The first-order valence-corrected chi connectivity index (χ1v) is 7.17. The molecule has 0 heterocycles. The summed E-state index contributed by atoms with van der Waals surface area (Å²) in [5.41, 5.74) is 6.29. The minimum Gasteiger partial charge on any atom is -0.380 e. The molecule has 3 nitrogen and oxygen atoms in total. The van der Waals surface area contributed by atoms with Gasteiger partial charge in [0, 0.05) is 25.2 Å². The molecule has 0 bridgehead atoms. The zero-order valence-corrected chi connectivity index (χ0v) is 11.9. The molecule has 1 aliphatic carbocycles. The maximum Gasteiger partial charge on any atom is 0.0593 e. The number of nitrogens with two attached hydrogens (primary N) is 1. The molecule has 102 valence electrons. The van der Waals surface area contributed by atoms with Gasteiger partial charge in [-0.2, -0.15) is 0 Å². The van der Waals surface area contributed by atoms with E-state index in [0.29, 0.717) is 5.92 Å². The second-order valence-corrected chi connectivity index (χ2v) is 5.68. The van der Waals surface area contributed by atoms with Crippen LogP contribution in [0, 0.1) is 5.92 Å². The summed E-state index contributed by atoms with van der Waals surface area (Å²) in [5.74, 6) is 0.625. The fourth-order valence-electron chi connectivity index (χ4n) is 2.91. The third-order valence-corrected chi connectivity index (χ3v) is 3.92. The summed E-state index contributed by atoms with van der Waals surface area (Å²) in [4.78, 5) is 2.54. The van der Waals surface area contributed by atoms with Gasteiger partial charge >= 0.3 is 0 Å². The average Bonchev–Trinajstić information content (AvgIpc) is 2.78. The lowest BCUT2D eigenvalue weighted by Crippen LogP contribution is -2.53. The minimum atomic E-state index is 0.274. The first-order chi connectivity index (χ1) is 8.14. The molecule has 0 atom stereocenters. The molecule has 2 N–H and O–H groups in total. The van der Waals surface area contributed by atoms with Crippen LogP contribution in [0.5, 0.6) is 0 Å². The Labute approximate surface area is 107 Å². The molecular weight excluding hydrogens is 212 g/mol. The highest BCUT2D eigenvalue weighted by molar-refractivity contribution is 4.95. The van der Waals surface area contributed by atoms with Crippen molar-refractivity contribution in [3.05, 3.63) is 0 Å². The maximum absolute atomic E-state index is 6.02. The Balaban J connectivity index is 2.36. The summed E-state index contributed by atoms with van der Waals surface area (Å²) in [5, 5.41) is 0. The van der Waals surface area contributed by atoms with Crippen LogP contribution in [0.2, 0.25) is 0 Å². The van der Waals surface area contributed by atoms with Crippen LogP contribution in [0.25, 0.3) is 0 Å². The molecule has 0 aromatic heterocycles. The van der Waals surface area contributed by atoms with Crippen LogP contribution in [-0.2, 0) is 4.74 Å². The fourth-order valence-corrected chi connectivity index (χ4v) is 2.91. The summed E-state index contributed by atoms with van der Waals surface area (Å²) in [7, 11) is 0. The van der Waals surface area contributed by atoms with Gasteiger partial charge in [0.15, 0.2) is 0 Å². The Morgan fingerprint density at radius 3 is 2.41 bits per heavy atom.